The summed E-state index contributed by atoms with van der Waals surface area (Å²) in [5, 5.41) is 0. The first-order chi connectivity index (χ1) is 5.95. The van der Waals surface area contributed by atoms with Gasteiger partial charge in [0.15, 0.2) is 6.29 Å². The molecule has 0 fully saturated rings. The van der Waals surface area contributed by atoms with Crippen LogP contribution in [0.1, 0.15) is 15.9 Å². The molecule has 72 valence electrons. The zero-order chi connectivity index (χ0) is 10.1. The van der Waals surface area contributed by atoms with Crippen LogP contribution in [0.4, 0.5) is 0 Å². The summed E-state index contributed by atoms with van der Waals surface area (Å²) in [6, 6.07) is 4.20. The number of aryl methyl sites for hydroxylation is 1. The van der Waals surface area contributed by atoms with Crippen molar-refractivity contribution >= 4 is 46.0 Å². The molecular formula is C8H9NaO4S. The van der Waals surface area contributed by atoms with E-state index in [0.29, 0.717) is 11.8 Å². The maximum atomic E-state index is 10.8. The Kier molecular flexibility index (Phi) is 4.97. The molecule has 0 unspecified atom stereocenters. The number of carbonyl (C=O) groups excluding carboxylic acids is 1. The molecule has 0 bridgehead atoms. The second-order valence-corrected chi connectivity index (χ2v) is 4.02. The summed E-state index contributed by atoms with van der Waals surface area (Å²) in [6.07, 6.45) is 0.391. The van der Waals surface area contributed by atoms with Gasteiger partial charge in [-0.1, -0.05) is 12.1 Å². The van der Waals surface area contributed by atoms with Crippen molar-refractivity contribution in [2.75, 3.05) is 0 Å². The first kappa shape index (κ1) is 13.8. The van der Waals surface area contributed by atoms with Gasteiger partial charge in [-0.3, -0.25) is 9.35 Å². The molecular weight excluding hydrogens is 215 g/mol. The molecule has 1 N–H and O–H groups in total. The minimum atomic E-state index is -4.30. The van der Waals surface area contributed by atoms with E-state index in [4.69, 9.17) is 4.55 Å². The van der Waals surface area contributed by atoms with Gasteiger partial charge in [-0.2, -0.15) is 8.42 Å². The summed E-state index contributed by atoms with van der Waals surface area (Å²) >= 11 is 0. The molecule has 1 aromatic carbocycles. The fraction of sp³-hybridized carbons (Fsp3) is 0.125. The molecule has 0 aliphatic heterocycles. The molecule has 0 heterocycles. The first-order valence-electron chi connectivity index (χ1n) is 3.48. The van der Waals surface area contributed by atoms with E-state index < -0.39 is 10.1 Å². The number of hydrogen-bond acceptors (Lipinski definition) is 3. The van der Waals surface area contributed by atoms with E-state index >= 15 is 0 Å². The van der Waals surface area contributed by atoms with Crippen molar-refractivity contribution in [2.45, 2.75) is 11.8 Å². The van der Waals surface area contributed by atoms with Crippen LogP contribution in [0.5, 0.6) is 0 Å². The van der Waals surface area contributed by atoms with E-state index in [-0.39, 0.29) is 40.0 Å². The van der Waals surface area contributed by atoms with Crippen LogP contribution in [0.25, 0.3) is 0 Å². The Bertz CT molecular complexity index is 439. The summed E-state index contributed by atoms with van der Waals surface area (Å²) in [4.78, 5) is 10.1. The zero-order valence-electron chi connectivity index (χ0n) is 6.89. The van der Waals surface area contributed by atoms with E-state index in [0.717, 1.165) is 0 Å². The van der Waals surface area contributed by atoms with Gasteiger partial charge in [0, 0.05) is 5.56 Å². The quantitative estimate of drug-likeness (QED) is 0.448. The van der Waals surface area contributed by atoms with Gasteiger partial charge in [-0.05, 0) is 18.6 Å². The SMILES string of the molecule is Cc1ccc(C=O)c(S(=O)(=O)O)c1.[NaH]. The van der Waals surface area contributed by atoms with Crippen LogP contribution < -0.4 is 0 Å². The molecule has 1 aromatic rings. The predicted octanol–water partition coefficient (Wildman–Crippen LogP) is 0.406. The van der Waals surface area contributed by atoms with Crippen LogP contribution >= 0.6 is 0 Å². The normalized spacial score (nSPS) is 10.4. The van der Waals surface area contributed by atoms with Crippen molar-refractivity contribution in [3.63, 3.8) is 0 Å². The molecule has 0 amide bonds. The van der Waals surface area contributed by atoms with Crippen molar-refractivity contribution < 1.29 is 17.8 Å². The summed E-state index contributed by atoms with van der Waals surface area (Å²) in [7, 11) is -4.30. The number of aldehydes is 1. The Morgan fingerprint density at radius 2 is 1.93 bits per heavy atom. The number of benzene rings is 1. The Morgan fingerprint density at radius 3 is 2.36 bits per heavy atom. The number of hydrogen-bond donors (Lipinski definition) is 1. The third-order valence-electron chi connectivity index (χ3n) is 1.57. The molecule has 0 spiro atoms. The molecule has 0 saturated carbocycles. The molecule has 0 aliphatic carbocycles. The average Bonchev–Trinajstić information content (AvgIpc) is 2.03. The van der Waals surface area contributed by atoms with E-state index in [1.165, 1.54) is 12.1 Å². The van der Waals surface area contributed by atoms with Gasteiger partial charge in [0.2, 0.25) is 0 Å². The summed E-state index contributed by atoms with van der Waals surface area (Å²) in [6.45, 7) is 1.67. The molecule has 14 heavy (non-hydrogen) atoms. The third-order valence-corrected chi connectivity index (χ3v) is 2.48. The van der Waals surface area contributed by atoms with Crippen LogP contribution in [-0.4, -0.2) is 48.8 Å². The molecule has 4 nitrogen and oxygen atoms in total. The number of rotatable bonds is 2. The van der Waals surface area contributed by atoms with Crippen LogP contribution in [0, 0.1) is 6.92 Å². The number of carbonyl (C=O) groups is 1. The van der Waals surface area contributed by atoms with Crippen molar-refractivity contribution in [3.8, 4) is 0 Å². The predicted molar refractivity (Wildman–Crippen MR) is 53.5 cm³/mol. The zero-order valence-corrected chi connectivity index (χ0v) is 7.71. The molecule has 0 saturated heterocycles. The van der Waals surface area contributed by atoms with E-state index in [1.54, 1.807) is 13.0 Å². The molecule has 6 heteroatoms. The summed E-state index contributed by atoms with van der Waals surface area (Å²) in [5.74, 6) is 0. The monoisotopic (exact) mass is 224 g/mol. The van der Waals surface area contributed by atoms with Crippen LogP contribution in [-0.2, 0) is 10.1 Å². The standard InChI is InChI=1S/C8H8O4S.Na.H/c1-6-2-3-7(5-9)8(4-6)13(10,11)12;;/h2-5H,1H3,(H,10,11,12);;. The van der Waals surface area contributed by atoms with Gasteiger partial charge >= 0.3 is 29.6 Å². The second-order valence-electron chi connectivity index (χ2n) is 2.63. The van der Waals surface area contributed by atoms with Gasteiger partial charge in [-0.15, -0.1) is 0 Å². The van der Waals surface area contributed by atoms with E-state index in [2.05, 4.69) is 0 Å². The van der Waals surface area contributed by atoms with E-state index in [1.807, 2.05) is 0 Å². The van der Waals surface area contributed by atoms with Crippen molar-refractivity contribution in [2.24, 2.45) is 0 Å². The Hall–Kier alpha value is -0.200. The molecule has 0 aliphatic rings. The van der Waals surface area contributed by atoms with Crippen LogP contribution in [0.2, 0.25) is 0 Å². The van der Waals surface area contributed by atoms with Crippen molar-refractivity contribution in [3.05, 3.63) is 29.3 Å². The fourth-order valence-electron chi connectivity index (χ4n) is 0.962. The minimum absolute atomic E-state index is 0. The van der Waals surface area contributed by atoms with Crippen LogP contribution in [0.15, 0.2) is 23.1 Å². The van der Waals surface area contributed by atoms with Gasteiger partial charge in [0.1, 0.15) is 4.90 Å². The van der Waals surface area contributed by atoms with Gasteiger partial charge in [-0.25, -0.2) is 0 Å². The molecule has 0 aromatic heterocycles. The van der Waals surface area contributed by atoms with Gasteiger partial charge in [0.25, 0.3) is 10.1 Å². The molecule has 0 radical (unpaired) electrons. The van der Waals surface area contributed by atoms with Crippen molar-refractivity contribution in [1.29, 1.82) is 0 Å². The second kappa shape index (κ2) is 5.04. The van der Waals surface area contributed by atoms with Crippen LogP contribution in [0.3, 0.4) is 0 Å². The summed E-state index contributed by atoms with van der Waals surface area (Å²) in [5.41, 5.74) is 0.631. The third kappa shape index (κ3) is 3.18. The Balaban J connectivity index is 0.00000169. The van der Waals surface area contributed by atoms with Crippen molar-refractivity contribution in [1.82, 2.24) is 0 Å². The topological polar surface area (TPSA) is 71.4 Å². The molecule has 0 atom stereocenters. The molecule has 1 rings (SSSR count). The van der Waals surface area contributed by atoms with E-state index in [9.17, 15) is 13.2 Å². The maximum absolute atomic E-state index is 10.8. The average molecular weight is 224 g/mol. The van der Waals surface area contributed by atoms with Gasteiger partial charge in [0.05, 0.1) is 0 Å². The fourth-order valence-corrected chi connectivity index (χ4v) is 1.71. The van der Waals surface area contributed by atoms with Gasteiger partial charge < -0.3 is 0 Å². The first-order valence-corrected chi connectivity index (χ1v) is 4.92. The summed E-state index contributed by atoms with van der Waals surface area (Å²) < 4.78 is 30.3. The Labute approximate surface area is 104 Å². The Morgan fingerprint density at radius 1 is 1.36 bits per heavy atom.